The highest BCUT2D eigenvalue weighted by atomic mass is 16.1. The molecule has 0 saturated heterocycles. The van der Waals surface area contributed by atoms with Crippen LogP contribution in [0.15, 0.2) is 24.3 Å². The van der Waals surface area contributed by atoms with Crippen molar-refractivity contribution in [2.45, 2.75) is 51.5 Å². The van der Waals surface area contributed by atoms with Gasteiger partial charge in [0.1, 0.15) is 0 Å². The number of benzene rings is 1. The molecule has 1 fully saturated rings. The van der Waals surface area contributed by atoms with Crippen molar-refractivity contribution in [3.63, 3.8) is 0 Å². The number of hydrogen-bond acceptors (Lipinski definition) is 3. The summed E-state index contributed by atoms with van der Waals surface area (Å²) in [5.41, 5.74) is 4.06. The van der Waals surface area contributed by atoms with Crippen molar-refractivity contribution in [2.75, 3.05) is 5.43 Å². The van der Waals surface area contributed by atoms with E-state index >= 15 is 0 Å². The molecule has 1 aliphatic rings. The second-order valence-corrected chi connectivity index (χ2v) is 5.61. The fraction of sp³-hybridized carbons (Fsp3) is 0.562. The number of nitrogen functional groups attached to an aromatic ring is 1. The number of amides is 1. The molecule has 1 aromatic carbocycles. The molecule has 1 aromatic rings. The summed E-state index contributed by atoms with van der Waals surface area (Å²) in [5.74, 6) is 5.99. The summed E-state index contributed by atoms with van der Waals surface area (Å²) in [7, 11) is 0. The van der Waals surface area contributed by atoms with Crippen LogP contribution < -0.4 is 16.6 Å². The molecule has 1 unspecified atom stereocenters. The van der Waals surface area contributed by atoms with Crippen LogP contribution in [0.3, 0.4) is 0 Å². The minimum Gasteiger partial charge on any atom is -0.349 e. The minimum atomic E-state index is 0.0194. The van der Waals surface area contributed by atoms with E-state index in [0.29, 0.717) is 17.5 Å². The molecule has 2 rings (SSSR count). The van der Waals surface area contributed by atoms with Gasteiger partial charge in [-0.1, -0.05) is 26.2 Å². The van der Waals surface area contributed by atoms with E-state index in [4.69, 9.17) is 5.84 Å². The number of carbonyl (C=O) groups is 1. The molecule has 110 valence electrons. The molecule has 20 heavy (non-hydrogen) atoms. The third kappa shape index (κ3) is 3.73. The van der Waals surface area contributed by atoms with Gasteiger partial charge in [-0.2, -0.15) is 0 Å². The molecule has 0 aliphatic heterocycles. The molecule has 4 N–H and O–H groups in total. The Morgan fingerprint density at radius 1 is 1.25 bits per heavy atom. The number of nitrogens with two attached hydrogens (primary N) is 1. The Hall–Kier alpha value is -1.55. The summed E-state index contributed by atoms with van der Waals surface area (Å²) in [6, 6.07) is 7.54. The number of hydrogen-bond donors (Lipinski definition) is 3. The maximum Gasteiger partial charge on any atom is 0.251 e. The van der Waals surface area contributed by atoms with Crippen molar-refractivity contribution >= 4 is 11.6 Å². The van der Waals surface area contributed by atoms with Crippen molar-refractivity contribution < 1.29 is 4.79 Å². The van der Waals surface area contributed by atoms with Crippen LogP contribution in [0.5, 0.6) is 0 Å². The molecule has 1 atom stereocenters. The van der Waals surface area contributed by atoms with Gasteiger partial charge in [-0.3, -0.25) is 10.6 Å². The zero-order valence-electron chi connectivity index (χ0n) is 12.2. The van der Waals surface area contributed by atoms with Crippen LogP contribution in [-0.4, -0.2) is 11.9 Å². The summed E-state index contributed by atoms with van der Waals surface area (Å²) in [6.45, 7) is 2.15. The third-order valence-corrected chi connectivity index (χ3v) is 4.29. The first-order valence-corrected chi connectivity index (χ1v) is 7.62. The second kappa shape index (κ2) is 7.29. The van der Waals surface area contributed by atoms with Crippen LogP contribution in [-0.2, 0) is 0 Å². The first kappa shape index (κ1) is 14.9. The van der Waals surface area contributed by atoms with Crippen LogP contribution in [0.2, 0.25) is 0 Å². The highest BCUT2D eigenvalue weighted by Crippen LogP contribution is 2.27. The zero-order chi connectivity index (χ0) is 14.4. The van der Waals surface area contributed by atoms with Crippen LogP contribution in [0, 0.1) is 5.92 Å². The Balaban J connectivity index is 1.96. The van der Waals surface area contributed by atoms with Gasteiger partial charge in [-0.05, 0) is 49.4 Å². The Morgan fingerprint density at radius 2 is 1.90 bits per heavy atom. The molecule has 4 heteroatoms. The number of nitrogens with one attached hydrogen (secondary N) is 2. The van der Waals surface area contributed by atoms with Crippen LogP contribution >= 0.6 is 0 Å². The van der Waals surface area contributed by atoms with Crippen molar-refractivity contribution in [3.8, 4) is 0 Å². The standard InChI is InChI=1S/C16H25N3O/c1-2-15(12-6-4-3-5-7-12)18-16(20)13-8-10-14(19-17)11-9-13/h8-12,15,19H,2-7,17H2,1H3,(H,18,20). The van der Waals surface area contributed by atoms with Crippen LogP contribution in [0.1, 0.15) is 55.8 Å². The first-order chi connectivity index (χ1) is 9.74. The fourth-order valence-electron chi connectivity index (χ4n) is 3.06. The molecule has 0 radical (unpaired) electrons. The molecule has 4 nitrogen and oxygen atoms in total. The van der Waals surface area contributed by atoms with Gasteiger partial charge >= 0.3 is 0 Å². The topological polar surface area (TPSA) is 67.2 Å². The van der Waals surface area contributed by atoms with Gasteiger partial charge in [0.25, 0.3) is 5.91 Å². The lowest BCUT2D eigenvalue weighted by Gasteiger charge is -2.30. The van der Waals surface area contributed by atoms with Gasteiger partial charge in [0.2, 0.25) is 0 Å². The van der Waals surface area contributed by atoms with E-state index in [2.05, 4.69) is 17.7 Å². The Labute approximate surface area is 121 Å². The molecular weight excluding hydrogens is 250 g/mol. The minimum absolute atomic E-state index is 0.0194. The van der Waals surface area contributed by atoms with Gasteiger partial charge in [0, 0.05) is 17.3 Å². The Morgan fingerprint density at radius 3 is 2.45 bits per heavy atom. The number of rotatable bonds is 5. The lowest BCUT2D eigenvalue weighted by Crippen LogP contribution is -2.40. The highest BCUT2D eigenvalue weighted by Gasteiger charge is 2.23. The molecule has 1 aliphatic carbocycles. The SMILES string of the molecule is CCC(NC(=O)c1ccc(NN)cc1)C1CCCCC1. The monoisotopic (exact) mass is 275 g/mol. The zero-order valence-corrected chi connectivity index (χ0v) is 12.2. The normalized spacial score (nSPS) is 17.5. The van der Waals surface area contributed by atoms with E-state index in [1.54, 1.807) is 12.1 Å². The van der Waals surface area contributed by atoms with Crippen molar-refractivity contribution in [2.24, 2.45) is 11.8 Å². The summed E-state index contributed by atoms with van der Waals surface area (Å²) in [6.07, 6.45) is 7.43. The van der Waals surface area contributed by atoms with E-state index in [1.165, 1.54) is 32.1 Å². The summed E-state index contributed by atoms with van der Waals surface area (Å²) in [4.78, 5) is 12.3. The lowest BCUT2D eigenvalue weighted by atomic mass is 9.83. The molecule has 0 spiro atoms. The molecule has 1 saturated carbocycles. The number of anilines is 1. The van der Waals surface area contributed by atoms with Gasteiger partial charge < -0.3 is 10.7 Å². The molecule has 0 bridgehead atoms. The summed E-state index contributed by atoms with van der Waals surface area (Å²) >= 11 is 0. The van der Waals surface area contributed by atoms with Gasteiger partial charge in [0.15, 0.2) is 0 Å². The molecule has 1 amide bonds. The van der Waals surface area contributed by atoms with Crippen molar-refractivity contribution in [1.29, 1.82) is 0 Å². The summed E-state index contributed by atoms with van der Waals surface area (Å²) in [5, 5.41) is 3.20. The highest BCUT2D eigenvalue weighted by molar-refractivity contribution is 5.94. The van der Waals surface area contributed by atoms with E-state index in [1.807, 2.05) is 12.1 Å². The largest absolute Gasteiger partial charge is 0.349 e. The lowest BCUT2D eigenvalue weighted by molar-refractivity contribution is 0.0911. The van der Waals surface area contributed by atoms with Crippen LogP contribution in [0.4, 0.5) is 5.69 Å². The van der Waals surface area contributed by atoms with Gasteiger partial charge in [0.05, 0.1) is 0 Å². The average molecular weight is 275 g/mol. The fourth-order valence-corrected chi connectivity index (χ4v) is 3.06. The van der Waals surface area contributed by atoms with Crippen LogP contribution in [0.25, 0.3) is 0 Å². The van der Waals surface area contributed by atoms with E-state index < -0.39 is 0 Å². The van der Waals surface area contributed by atoms with Crippen molar-refractivity contribution in [1.82, 2.24) is 5.32 Å². The van der Waals surface area contributed by atoms with E-state index in [9.17, 15) is 4.79 Å². The molecular formula is C16H25N3O. The third-order valence-electron chi connectivity index (χ3n) is 4.29. The van der Waals surface area contributed by atoms with Gasteiger partial charge in [-0.15, -0.1) is 0 Å². The molecule has 0 aromatic heterocycles. The second-order valence-electron chi connectivity index (χ2n) is 5.61. The number of carbonyl (C=O) groups excluding carboxylic acids is 1. The first-order valence-electron chi connectivity index (χ1n) is 7.62. The predicted molar refractivity (Wildman–Crippen MR) is 82.4 cm³/mol. The van der Waals surface area contributed by atoms with E-state index in [-0.39, 0.29) is 5.91 Å². The quantitative estimate of drug-likeness (QED) is 0.571. The number of hydrazine groups is 1. The summed E-state index contributed by atoms with van der Waals surface area (Å²) < 4.78 is 0. The molecule has 0 heterocycles. The predicted octanol–water partition coefficient (Wildman–Crippen LogP) is 3.06. The maximum atomic E-state index is 12.3. The Kier molecular flexibility index (Phi) is 5.41. The van der Waals surface area contributed by atoms with Gasteiger partial charge in [-0.25, -0.2) is 0 Å². The maximum absolute atomic E-state index is 12.3. The van der Waals surface area contributed by atoms with E-state index in [0.717, 1.165) is 12.1 Å². The smallest absolute Gasteiger partial charge is 0.251 e. The average Bonchev–Trinajstić information content (AvgIpc) is 2.53. The van der Waals surface area contributed by atoms with Crippen molar-refractivity contribution in [3.05, 3.63) is 29.8 Å². The Bertz CT molecular complexity index is 424.